The molecule has 0 aliphatic carbocycles. The monoisotopic (exact) mass is 335 g/mol. The minimum Gasteiger partial charge on any atom is -0.310 e. The molecule has 0 unspecified atom stereocenters. The molecule has 0 aliphatic heterocycles. The summed E-state index contributed by atoms with van der Waals surface area (Å²) < 4.78 is 1.57. The Hall–Kier alpha value is -3.02. The number of nitrogens with one attached hydrogen (secondary N) is 1. The van der Waals surface area contributed by atoms with Gasteiger partial charge in [-0.1, -0.05) is 29.8 Å². The third kappa shape index (κ3) is 4.09. The van der Waals surface area contributed by atoms with E-state index in [2.05, 4.69) is 20.4 Å². The number of hydrogen-bond donors (Lipinski definition) is 1. The second-order valence-corrected chi connectivity index (χ2v) is 6.24. The maximum Gasteiger partial charge on any atom is 0.252 e. The molecule has 3 rings (SSSR count). The molecule has 0 saturated carbocycles. The molecule has 128 valence electrons. The highest BCUT2D eigenvalue weighted by Gasteiger charge is 2.14. The molecule has 0 saturated heterocycles. The first-order chi connectivity index (χ1) is 11.9. The lowest BCUT2D eigenvalue weighted by Gasteiger charge is -2.09. The zero-order valence-electron chi connectivity index (χ0n) is 14.9. The zero-order chi connectivity index (χ0) is 18.0. The van der Waals surface area contributed by atoms with Crippen molar-refractivity contribution in [2.45, 2.75) is 34.1 Å². The number of carbonyl (C=O) groups excluding carboxylic acids is 1. The van der Waals surface area contributed by atoms with Crippen LogP contribution in [0.1, 0.15) is 28.2 Å². The molecule has 0 fully saturated rings. The van der Waals surface area contributed by atoms with Gasteiger partial charge in [0.05, 0.1) is 12.1 Å². The fourth-order valence-corrected chi connectivity index (χ4v) is 2.62. The number of hydrogen-bond acceptors (Lipinski definition) is 4. The van der Waals surface area contributed by atoms with Gasteiger partial charge in [-0.2, -0.15) is 9.78 Å². The summed E-state index contributed by atoms with van der Waals surface area (Å²) in [5, 5.41) is 7.33. The lowest BCUT2D eigenvalue weighted by atomic mass is 10.1. The molecule has 0 spiro atoms. The number of aromatic nitrogens is 4. The van der Waals surface area contributed by atoms with Crippen molar-refractivity contribution in [3.63, 3.8) is 0 Å². The van der Waals surface area contributed by atoms with Gasteiger partial charge in [-0.15, -0.1) is 0 Å². The second-order valence-electron chi connectivity index (χ2n) is 6.24. The predicted octanol–water partition coefficient (Wildman–Crippen LogP) is 3.08. The van der Waals surface area contributed by atoms with E-state index in [1.54, 1.807) is 4.68 Å². The molecular weight excluding hydrogens is 314 g/mol. The summed E-state index contributed by atoms with van der Waals surface area (Å²) in [5.74, 6) is 0.922. The highest BCUT2D eigenvalue weighted by Crippen LogP contribution is 2.16. The van der Waals surface area contributed by atoms with Gasteiger partial charge in [0.25, 0.3) is 5.95 Å². The number of anilines is 1. The molecule has 2 aromatic heterocycles. The van der Waals surface area contributed by atoms with E-state index in [1.807, 2.05) is 64.1 Å². The van der Waals surface area contributed by atoms with E-state index < -0.39 is 0 Å². The van der Waals surface area contributed by atoms with Gasteiger partial charge in [0, 0.05) is 17.5 Å². The van der Waals surface area contributed by atoms with E-state index in [0.29, 0.717) is 18.2 Å². The Morgan fingerprint density at radius 3 is 2.24 bits per heavy atom. The van der Waals surface area contributed by atoms with Crippen molar-refractivity contribution in [1.29, 1.82) is 0 Å². The van der Waals surface area contributed by atoms with Crippen LogP contribution < -0.4 is 5.32 Å². The molecule has 1 aromatic carbocycles. The summed E-state index contributed by atoms with van der Waals surface area (Å²) in [6.45, 7) is 7.71. The summed E-state index contributed by atoms with van der Waals surface area (Å²) in [6.07, 6.45) is 0.304. The Bertz CT molecular complexity index is 892. The van der Waals surface area contributed by atoms with Crippen molar-refractivity contribution in [3.05, 3.63) is 64.6 Å². The third-order valence-corrected chi connectivity index (χ3v) is 3.74. The Kier molecular flexibility index (Phi) is 4.61. The number of carbonyl (C=O) groups is 1. The Balaban J connectivity index is 1.83. The van der Waals surface area contributed by atoms with Crippen LogP contribution in [0.4, 0.5) is 5.82 Å². The topological polar surface area (TPSA) is 72.7 Å². The van der Waals surface area contributed by atoms with Gasteiger partial charge in [-0.05, 0) is 39.3 Å². The van der Waals surface area contributed by atoms with Crippen molar-refractivity contribution >= 4 is 11.7 Å². The van der Waals surface area contributed by atoms with Gasteiger partial charge >= 0.3 is 0 Å². The minimum absolute atomic E-state index is 0.102. The molecule has 0 atom stereocenters. The Morgan fingerprint density at radius 1 is 0.960 bits per heavy atom. The van der Waals surface area contributed by atoms with Gasteiger partial charge in [-0.3, -0.25) is 4.79 Å². The molecule has 0 bridgehead atoms. The van der Waals surface area contributed by atoms with Gasteiger partial charge in [0.15, 0.2) is 0 Å². The van der Waals surface area contributed by atoms with Crippen molar-refractivity contribution in [3.8, 4) is 5.95 Å². The SMILES string of the molecule is Cc1ccc(CC(=O)Nc2cc(C)nn2-c2nc(C)cc(C)n2)cc1. The molecule has 2 heterocycles. The molecule has 6 heteroatoms. The van der Waals surface area contributed by atoms with E-state index in [9.17, 15) is 4.79 Å². The molecule has 25 heavy (non-hydrogen) atoms. The van der Waals surface area contributed by atoms with Gasteiger partial charge in [-0.25, -0.2) is 9.97 Å². The van der Waals surface area contributed by atoms with Crippen molar-refractivity contribution in [1.82, 2.24) is 19.7 Å². The maximum atomic E-state index is 12.4. The fourth-order valence-electron chi connectivity index (χ4n) is 2.62. The number of rotatable bonds is 4. The fraction of sp³-hybridized carbons (Fsp3) is 0.263. The predicted molar refractivity (Wildman–Crippen MR) is 96.9 cm³/mol. The molecule has 3 aromatic rings. The van der Waals surface area contributed by atoms with Crippen LogP contribution in [-0.2, 0) is 11.2 Å². The van der Waals surface area contributed by atoms with Crippen molar-refractivity contribution < 1.29 is 4.79 Å². The highest BCUT2D eigenvalue weighted by molar-refractivity contribution is 5.91. The number of benzene rings is 1. The Morgan fingerprint density at radius 2 is 1.60 bits per heavy atom. The van der Waals surface area contributed by atoms with Crippen LogP contribution in [0.15, 0.2) is 36.4 Å². The van der Waals surface area contributed by atoms with Crippen LogP contribution in [0.25, 0.3) is 5.95 Å². The molecule has 6 nitrogen and oxygen atoms in total. The second kappa shape index (κ2) is 6.84. The molecule has 0 aliphatic rings. The normalized spacial score (nSPS) is 10.7. The first-order valence-corrected chi connectivity index (χ1v) is 8.15. The quantitative estimate of drug-likeness (QED) is 0.795. The smallest absolute Gasteiger partial charge is 0.252 e. The summed E-state index contributed by atoms with van der Waals surface area (Å²) in [6, 6.07) is 11.6. The summed E-state index contributed by atoms with van der Waals surface area (Å²) >= 11 is 0. The minimum atomic E-state index is -0.102. The standard InChI is InChI=1S/C19H21N5O/c1-12-5-7-16(8-6-12)11-18(25)22-17-10-15(4)23-24(17)19-20-13(2)9-14(3)21-19/h5-10H,11H2,1-4H3,(H,22,25). The first-order valence-electron chi connectivity index (χ1n) is 8.15. The molecule has 0 radical (unpaired) electrons. The molecular formula is C19H21N5O. The summed E-state index contributed by atoms with van der Waals surface area (Å²) in [7, 11) is 0. The molecule has 1 N–H and O–H groups in total. The van der Waals surface area contributed by atoms with Crippen LogP contribution in [0.3, 0.4) is 0 Å². The number of amides is 1. The number of aryl methyl sites for hydroxylation is 4. The van der Waals surface area contributed by atoms with Crippen LogP contribution in [0.5, 0.6) is 0 Å². The van der Waals surface area contributed by atoms with Crippen molar-refractivity contribution in [2.75, 3.05) is 5.32 Å². The maximum absolute atomic E-state index is 12.4. The average Bonchev–Trinajstić information content (AvgIpc) is 2.89. The zero-order valence-corrected chi connectivity index (χ0v) is 14.9. The van der Waals surface area contributed by atoms with E-state index >= 15 is 0 Å². The first kappa shape index (κ1) is 16.8. The number of nitrogens with zero attached hydrogens (tertiary/aromatic N) is 4. The van der Waals surface area contributed by atoms with Crippen LogP contribution in [0, 0.1) is 27.7 Å². The van der Waals surface area contributed by atoms with Gasteiger partial charge < -0.3 is 5.32 Å². The van der Waals surface area contributed by atoms with Crippen LogP contribution in [0.2, 0.25) is 0 Å². The highest BCUT2D eigenvalue weighted by atomic mass is 16.1. The third-order valence-electron chi connectivity index (χ3n) is 3.74. The van der Waals surface area contributed by atoms with E-state index in [1.165, 1.54) is 5.56 Å². The Labute approximate surface area is 146 Å². The van der Waals surface area contributed by atoms with E-state index in [-0.39, 0.29) is 5.91 Å². The average molecular weight is 335 g/mol. The lowest BCUT2D eigenvalue weighted by Crippen LogP contribution is -2.18. The van der Waals surface area contributed by atoms with Crippen molar-refractivity contribution in [2.24, 2.45) is 0 Å². The lowest BCUT2D eigenvalue weighted by molar-refractivity contribution is -0.115. The van der Waals surface area contributed by atoms with Gasteiger partial charge in [0.2, 0.25) is 5.91 Å². The van der Waals surface area contributed by atoms with Crippen LogP contribution >= 0.6 is 0 Å². The summed E-state index contributed by atoms with van der Waals surface area (Å²) in [5.41, 5.74) is 4.63. The largest absolute Gasteiger partial charge is 0.310 e. The molecule has 1 amide bonds. The summed E-state index contributed by atoms with van der Waals surface area (Å²) in [4.78, 5) is 21.2. The van der Waals surface area contributed by atoms with Gasteiger partial charge in [0.1, 0.15) is 5.82 Å². The van der Waals surface area contributed by atoms with E-state index in [4.69, 9.17) is 0 Å². The van der Waals surface area contributed by atoms with E-state index in [0.717, 1.165) is 22.6 Å². The van der Waals surface area contributed by atoms with Crippen LogP contribution in [-0.4, -0.2) is 25.7 Å².